The number of nitrogens with one attached hydrogen (secondary N) is 1. The highest BCUT2D eigenvalue weighted by atomic mass is 35.5. The van der Waals surface area contributed by atoms with E-state index >= 15 is 0 Å². The molecule has 1 atom stereocenters. The second-order valence-electron chi connectivity index (χ2n) is 5.13. The number of benzene rings is 1. The summed E-state index contributed by atoms with van der Waals surface area (Å²) < 4.78 is 77.8. The van der Waals surface area contributed by atoms with Crippen molar-refractivity contribution in [3.05, 3.63) is 29.6 Å². The minimum Gasteiger partial charge on any atom is -0.316 e. The Balaban J connectivity index is 0.00000264. The van der Waals surface area contributed by atoms with Crippen molar-refractivity contribution in [2.75, 3.05) is 20.1 Å². The van der Waals surface area contributed by atoms with E-state index < -0.39 is 32.5 Å². The van der Waals surface area contributed by atoms with Crippen molar-refractivity contribution in [1.29, 1.82) is 0 Å². The molecule has 132 valence electrons. The highest BCUT2D eigenvalue weighted by Crippen LogP contribution is 2.32. The van der Waals surface area contributed by atoms with Crippen molar-refractivity contribution in [2.45, 2.75) is 30.0 Å². The number of hydrogen-bond donors (Lipinski definition) is 1. The van der Waals surface area contributed by atoms with Crippen LogP contribution >= 0.6 is 12.4 Å². The molecule has 2 rings (SSSR count). The Labute approximate surface area is 138 Å². The number of alkyl halides is 3. The standard InChI is InChI=1S/C13H16F4N2O2S.ClH/c1-18-10-3-2-6-19(8-10)22(20,21)12-7-9(13(15,16)17)4-5-11(12)14;/h4-5,7,10,18H,2-3,6,8H2,1H3;1H. The zero-order valence-electron chi connectivity index (χ0n) is 12.2. The number of piperidine rings is 1. The van der Waals surface area contributed by atoms with Crippen molar-refractivity contribution in [3.63, 3.8) is 0 Å². The molecule has 0 amide bonds. The number of hydrogen-bond acceptors (Lipinski definition) is 3. The van der Waals surface area contributed by atoms with E-state index in [0.717, 1.165) is 10.7 Å². The summed E-state index contributed by atoms with van der Waals surface area (Å²) in [6, 6.07) is 1.32. The molecule has 0 spiro atoms. The number of halogens is 5. The largest absolute Gasteiger partial charge is 0.416 e. The first-order chi connectivity index (χ1) is 10.2. The van der Waals surface area contributed by atoms with Crippen LogP contribution in [0.15, 0.2) is 23.1 Å². The van der Waals surface area contributed by atoms with Crippen molar-refractivity contribution < 1.29 is 26.0 Å². The molecule has 0 bridgehead atoms. The van der Waals surface area contributed by atoms with Gasteiger partial charge in [0.2, 0.25) is 10.0 Å². The summed E-state index contributed by atoms with van der Waals surface area (Å²) in [6.45, 7) is 0.269. The highest BCUT2D eigenvalue weighted by molar-refractivity contribution is 7.89. The zero-order chi connectivity index (χ0) is 16.5. The summed E-state index contributed by atoms with van der Waals surface area (Å²) in [5.74, 6) is -1.18. The minimum atomic E-state index is -4.73. The summed E-state index contributed by atoms with van der Waals surface area (Å²) >= 11 is 0. The summed E-state index contributed by atoms with van der Waals surface area (Å²) in [5, 5.41) is 2.93. The van der Waals surface area contributed by atoms with Crippen molar-refractivity contribution in [2.24, 2.45) is 0 Å². The van der Waals surface area contributed by atoms with Crippen LogP contribution < -0.4 is 5.32 Å². The average molecular weight is 377 g/mol. The lowest BCUT2D eigenvalue weighted by atomic mass is 10.1. The fourth-order valence-corrected chi connectivity index (χ4v) is 4.03. The quantitative estimate of drug-likeness (QED) is 0.825. The summed E-state index contributed by atoms with van der Waals surface area (Å²) in [5.41, 5.74) is -1.19. The van der Waals surface area contributed by atoms with Crippen LogP contribution in [0.3, 0.4) is 0 Å². The van der Waals surface area contributed by atoms with Gasteiger partial charge in [0.15, 0.2) is 0 Å². The van der Waals surface area contributed by atoms with Gasteiger partial charge in [-0.2, -0.15) is 17.5 Å². The molecule has 1 saturated heterocycles. The molecule has 1 aliphatic heterocycles. The van der Waals surface area contributed by atoms with Crippen molar-refractivity contribution >= 4 is 22.4 Å². The molecule has 0 aliphatic carbocycles. The summed E-state index contributed by atoms with van der Waals surface area (Å²) in [7, 11) is -2.63. The molecular formula is C13H17ClF4N2O2S. The third-order valence-corrected chi connectivity index (χ3v) is 5.55. The molecule has 1 unspecified atom stereocenters. The summed E-state index contributed by atoms with van der Waals surface area (Å²) in [4.78, 5) is -0.931. The van der Waals surface area contributed by atoms with E-state index in [4.69, 9.17) is 0 Å². The Morgan fingerprint density at radius 3 is 2.52 bits per heavy atom. The van der Waals surface area contributed by atoms with E-state index in [1.165, 1.54) is 0 Å². The van der Waals surface area contributed by atoms with E-state index in [1.807, 2.05) is 0 Å². The first-order valence-corrected chi connectivity index (χ1v) is 8.14. The number of sulfonamides is 1. The van der Waals surface area contributed by atoms with E-state index in [1.54, 1.807) is 7.05 Å². The number of rotatable bonds is 3. The highest BCUT2D eigenvalue weighted by Gasteiger charge is 2.36. The normalized spacial score (nSPS) is 20.1. The van der Waals surface area contributed by atoms with E-state index in [0.29, 0.717) is 24.6 Å². The zero-order valence-corrected chi connectivity index (χ0v) is 13.9. The van der Waals surface area contributed by atoms with Crippen molar-refractivity contribution in [1.82, 2.24) is 9.62 Å². The van der Waals surface area contributed by atoms with Crippen LogP contribution in [0.4, 0.5) is 17.6 Å². The average Bonchev–Trinajstić information content (AvgIpc) is 2.46. The molecule has 1 aromatic carbocycles. The monoisotopic (exact) mass is 376 g/mol. The van der Waals surface area contributed by atoms with Gasteiger partial charge in [0, 0.05) is 19.1 Å². The minimum absolute atomic E-state index is 0. The molecule has 0 aromatic heterocycles. The van der Waals surface area contributed by atoms with Gasteiger partial charge in [0.1, 0.15) is 10.7 Å². The smallest absolute Gasteiger partial charge is 0.316 e. The van der Waals surface area contributed by atoms with Crippen LogP contribution in [0.25, 0.3) is 0 Å². The SMILES string of the molecule is CNC1CCCN(S(=O)(=O)c2cc(C(F)(F)F)ccc2F)C1.Cl. The van der Waals surface area contributed by atoms with Crippen LogP contribution in [0.2, 0.25) is 0 Å². The van der Waals surface area contributed by atoms with Gasteiger partial charge < -0.3 is 5.32 Å². The van der Waals surface area contributed by atoms with Gasteiger partial charge in [0.25, 0.3) is 0 Å². The van der Waals surface area contributed by atoms with Crippen molar-refractivity contribution in [3.8, 4) is 0 Å². The molecule has 4 nitrogen and oxygen atoms in total. The van der Waals surface area contributed by atoms with Gasteiger partial charge in [-0.25, -0.2) is 12.8 Å². The molecular weight excluding hydrogens is 360 g/mol. The Kier molecular flexibility index (Phi) is 6.42. The second kappa shape index (κ2) is 7.33. The van der Waals surface area contributed by atoms with Gasteiger partial charge in [-0.1, -0.05) is 0 Å². The molecule has 23 heavy (non-hydrogen) atoms. The Bertz CT molecular complexity index is 652. The molecule has 1 aliphatic rings. The molecule has 0 saturated carbocycles. The molecule has 10 heteroatoms. The predicted molar refractivity (Wildman–Crippen MR) is 79.5 cm³/mol. The lowest BCUT2D eigenvalue weighted by Crippen LogP contribution is -2.47. The fourth-order valence-electron chi connectivity index (χ4n) is 2.41. The fraction of sp³-hybridized carbons (Fsp3) is 0.538. The van der Waals surface area contributed by atoms with Crippen LogP contribution in [0.5, 0.6) is 0 Å². The third-order valence-electron chi connectivity index (χ3n) is 3.67. The topological polar surface area (TPSA) is 49.4 Å². The van der Waals surface area contributed by atoms with Gasteiger partial charge >= 0.3 is 6.18 Å². The van der Waals surface area contributed by atoms with Gasteiger partial charge in [-0.3, -0.25) is 0 Å². The number of nitrogens with zero attached hydrogens (tertiary/aromatic N) is 1. The third kappa shape index (κ3) is 4.34. The Hall–Kier alpha value is -0.900. The van der Waals surface area contributed by atoms with Crippen LogP contribution in [0, 0.1) is 5.82 Å². The maximum absolute atomic E-state index is 13.8. The number of likely N-dealkylation sites (N-methyl/N-ethyl adjacent to an activating group) is 1. The lowest BCUT2D eigenvalue weighted by molar-refractivity contribution is -0.137. The first kappa shape index (κ1) is 20.1. The van der Waals surface area contributed by atoms with E-state index in [9.17, 15) is 26.0 Å². The predicted octanol–water partition coefficient (Wildman–Crippen LogP) is 2.64. The van der Waals surface area contributed by atoms with Gasteiger partial charge in [0.05, 0.1) is 5.56 Å². The molecule has 0 radical (unpaired) electrons. The first-order valence-electron chi connectivity index (χ1n) is 6.70. The van der Waals surface area contributed by atoms with Crippen LogP contribution in [-0.2, 0) is 16.2 Å². The molecule has 1 N–H and O–H groups in total. The van der Waals surface area contributed by atoms with E-state index in [2.05, 4.69) is 5.32 Å². The van der Waals surface area contributed by atoms with Gasteiger partial charge in [-0.15, -0.1) is 12.4 Å². The van der Waals surface area contributed by atoms with Crippen LogP contribution in [0.1, 0.15) is 18.4 Å². The second-order valence-corrected chi connectivity index (χ2v) is 7.04. The Morgan fingerprint density at radius 2 is 1.96 bits per heavy atom. The maximum atomic E-state index is 13.8. The molecule has 1 fully saturated rings. The van der Waals surface area contributed by atoms with E-state index in [-0.39, 0.29) is 31.5 Å². The Morgan fingerprint density at radius 1 is 1.30 bits per heavy atom. The van der Waals surface area contributed by atoms with Gasteiger partial charge in [-0.05, 0) is 38.1 Å². The molecule has 1 heterocycles. The van der Waals surface area contributed by atoms with Crippen LogP contribution in [-0.4, -0.2) is 38.9 Å². The molecule has 1 aromatic rings. The summed E-state index contributed by atoms with van der Waals surface area (Å²) in [6.07, 6.45) is -3.41. The maximum Gasteiger partial charge on any atom is 0.416 e. The lowest BCUT2D eigenvalue weighted by Gasteiger charge is -2.31.